The number of amides is 1. The molecule has 0 heterocycles. The SMILES string of the molecule is CC[NH+](CC)Cc1ccc(NC(=O)c2ccc(Cl)cc2)cc1. The topological polar surface area (TPSA) is 33.5 Å². The van der Waals surface area contributed by atoms with Crippen LogP contribution in [-0.4, -0.2) is 19.0 Å². The van der Waals surface area contributed by atoms with Crippen LogP contribution in [0.5, 0.6) is 0 Å². The second kappa shape index (κ2) is 7.97. The second-order valence-electron chi connectivity index (χ2n) is 5.29. The number of rotatable bonds is 6. The Morgan fingerprint density at radius 3 is 2.14 bits per heavy atom. The summed E-state index contributed by atoms with van der Waals surface area (Å²) in [7, 11) is 0. The summed E-state index contributed by atoms with van der Waals surface area (Å²) in [5.41, 5.74) is 2.68. The number of carbonyl (C=O) groups is 1. The van der Waals surface area contributed by atoms with E-state index in [0.717, 1.165) is 25.3 Å². The Morgan fingerprint density at radius 2 is 1.59 bits per heavy atom. The van der Waals surface area contributed by atoms with Crippen molar-refractivity contribution in [2.75, 3.05) is 18.4 Å². The molecule has 22 heavy (non-hydrogen) atoms. The smallest absolute Gasteiger partial charge is 0.255 e. The van der Waals surface area contributed by atoms with Crippen molar-refractivity contribution in [1.82, 2.24) is 0 Å². The van der Waals surface area contributed by atoms with Crippen LogP contribution >= 0.6 is 11.6 Å². The molecule has 0 aliphatic carbocycles. The van der Waals surface area contributed by atoms with Crippen molar-refractivity contribution in [2.24, 2.45) is 0 Å². The van der Waals surface area contributed by atoms with Gasteiger partial charge in [-0.3, -0.25) is 4.79 Å². The highest BCUT2D eigenvalue weighted by molar-refractivity contribution is 6.30. The highest BCUT2D eigenvalue weighted by atomic mass is 35.5. The number of halogens is 1. The van der Waals surface area contributed by atoms with Crippen molar-refractivity contribution in [3.63, 3.8) is 0 Å². The van der Waals surface area contributed by atoms with E-state index in [4.69, 9.17) is 11.6 Å². The molecule has 0 saturated heterocycles. The summed E-state index contributed by atoms with van der Waals surface area (Å²) in [5, 5.41) is 3.52. The van der Waals surface area contributed by atoms with Gasteiger partial charge in [-0.25, -0.2) is 0 Å². The molecule has 2 aromatic carbocycles. The molecule has 0 spiro atoms. The van der Waals surface area contributed by atoms with Gasteiger partial charge in [-0.1, -0.05) is 23.7 Å². The largest absolute Gasteiger partial charge is 0.332 e. The first-order valence-corrected chi connectivity index (χ1v) is 7.99. The van der Waals surface area contributed by atoms with Gasteiger partial charge in [-0.2, -0.15) is 0 Å². The normalized spacial score (nSPS) is 10.7. The summed E-state index contributed by atoms with van der Waals surface area (Å²) >= 11 is 5.83. The van der Waals surface area contributed by atoms with Crippen LogP contribution < -0.4 is 10.2 Å². The number of nitrogens with one attached hydrogen (secondary N) is 2. The molecule has 0 radical (unpaired) electrons. The summed E-state index contributed by atoms with van der Waals surface area (Å²) in [5.74, 6) is -0.126. The molecule has 116 valence electrons. The number of carbonyl (C=O) groups excluding carboxylic acids is 1. The van der Waals surface area contributed by atoms with Crippen LogP contribution in [0, 0.1) is 0 Å². The van der Waals surface area contributed by atoms with Crippen LogP contribution in [-0.2, 0) is 6.54 Å². The predicted molar refractivity (Wildman–Crippen MR) is 91.6 cm³/mol. The minimum Gasteiger partial charge on any atom is -0.332 e. The van der Waals surface area contributed by atoms with Crippen LogP contribution in [0.4, 0.5) is 5.69 Å². The minimum atomic E-state index is -0.126. The maximum atomic E-state index is 12.1. The number of benzene rings is 2. The first kappa shape index (κ1) is 16.5. The molecule has 0 aliphatic heterocycles. The first-order valence-electron chi connectivity index (χ1n) is 7.61. The standard InChI is InChI=1S/C18H21ClN2O/c1-3-21(4-2)13-14-5-11-17(12-6-14)20-18(22)15-7-9-16(19)10-8-15/h5-12H,3-4,13H2,1-2H3,(H,20,22)/p+1. The third-order valence-electron chi connectivity index (χ3n) is 3.77. The average Bonchev–Trinajstić information content (AvgIpc) is 2.54. The van der Waals surface area contributed by atoms with Crippen LogP contribution in [0.1, 0.15) is 29.8 Å². The van der Waals surface area contributed by atoms with Crippen molar-refractivity contribution in [1.29, 1.82) is 0 Å². The summed E-state index contributed by atoms with van der Waals surface area (Å²) < 4.78 is 0. The Kier molecular flexibility index (Phi) is 5.99. The number of quaternary nitrogens is 1. The van der Waals surface area contributed by atoms with E-state index in [1.807, 2.05) is 12.1 Å². The second-order valence-corrected chi connectivity index (χ2v) is 5.73. The lowest BCUT2D eigenvalue weighted by Gasteiger charge is -2.15. The highest BCUT2D eigenvalue weighted by Gasteiger charge is 2.07. The third-order valence-corrected chi connectivity index (χ3v) is 4.02. The Hall–Kier alpha value is -1.84. The molecule has 2 rings (SSSR count). The van der Waals surface area contributed by atoms with Gasteiger partial charge < -0.3 is 10.2 Å². The molecular weight excluding hydrogens is 296 g/mol. The van der Waals surface area contributed by atoms with E-state index >= 15 is 0 Å². The molecule has 4 heteroatoms. The zero-order valence-electron chi connectivity index (χ0n) is 13.0. The molecule has 2 aromatic rings. The molecule has 0 unspecified atom stereocenters. The quantitative estimate of drug-likeness (QED) is 0.843. The zero-order chi connectivity index (χ0) is 15.9. The van der Waals surface area contributed by atoms with Crippen molar-refractivity contribution in [2.45, 2.75) is 20.4 Å². The van der Waals surface area contributed by atoms with Crippen molar-refractivity contribution < 1.29 is 9.69 Å². The van der Waals surface area contributed by atoms with E-state index in [-0.39, 0.29) is 5.91 Å². The summed E-state index contributed by atoms with van der Waals surface area (Å²) in [6.45, 7) is 7.63. The molecule has 3 nitrogen and oxygen atoms in total. The Morgan fingerprint density at radius 1 is 1.00 bits per heavy atom. The van der Waals surface area contributed by atoms with E-state index in [1.165, 1.54) is 10.5 Å². The third kappa shape index (κ3) is 4.58. The Balaban J connectivity index is 1.98. The molecule has 0 aliphatic rings. The van der Waals surface area contributed by atoms with Gasteiger partial charge >= 0.3 is 0 Å². The van der Waals surface area contributed by atoms with E-state index in [0.29, 0.717) is 10.6 Å². The van der Waals surface area contributed by atoms with Crippen molar-refractivity contribution in [3.05, 3.63) is 64.7 Å². The zero-order valence-corrected chi connectivity index (χ0v) is 13.8. The monoisotopic (exact) mass is 317 g/mol. The lowest BCUT2D eigenvalue weighted by Crippen LogP contribution is -3.10. The number of hydrogen-bond donors (Lipinski definition) is 2. The maximum Gasteiger partial charge on any atom is 0.255 e. The molecule has 0 bridgehead atoms. The maximum absolute atomic E-state index is 12.1. The van der Waals surface area contributed by atoms with Crippen molar-refractivity contribution >= 4 is 23.2 Å². The van der Waals surface area contributed by atoms with Crippen LogP contribution in [0.3, 0.4) is 0 Å². The number of hydrogen-bond acceptors (Lipinski definition) is 1. The molecule has 0 atom stereocenters. The van der Waals surface area contributed by atoms with Gasteiger partial charge in [0, 0.05) is 21.8 Å². The van der Waals surface area contributed by atoms with Gasteiger partial charge in [-0.15, -0.1) is 0 Å². The van der Waals surface area contributed by atoms with E-state index in [1.54, 1.807) is 24.3 Å². The average molecular weight is 318 g/mol. The van der Waals surface area contributed by atoms with E-state index in [2.05, 4.69) is 31.3 Å². The number of anilines is 1. The van der Waals surface area contributed by atoms with Gasteiger partial charge in [0.05, 0.1) is 13.1 Å². The molecule has 2 N–H and O–H groups in total. The Bertz CT molecular complexity index is 604. The van der Waals surface area contributed by atoms with Crippen LogP contribution in [0.15, 0.2) is 48.5 Å². The van der Waals surface area contributed by atoms with E-state index < -0.39 is 0 Å². The predicted octanol–water partition coefficient (Wildman–Crippen LogP) is 3.02. The fourth-order valence-corrected chi connectivity index (χ4v) is 2.43. The fraction of sp³-hybridized carbons (Fsp3) is 0.278. The molecular formula is C18H22ClN2O+. The summed E-state index contributed by atoms with van der Waals surface area (Å²) in [4.78, 5) is 13.7. The van der Waals surface area contributed by atoms with Gasteiger partial charge in [-0.05, 0) is 50.2 Å². The molecule has 0 saturated carbocycles. The Labute approximate surface area is 136 Å². The molecule has 1 amide bonds. The van der Waals surface area contributed by atoms with Crippen LogP contribution in [0.2, 0.25) is 5.02 Å². The summed E-state index contributed by atoms with van der Waals surface area (Å²) in [6, 6.07) is 14.9. The lowest BCUT2D eigenvalue weighted by atomic mass is 10.1. The van der Waals surface area contributed by atoms with Crippen LogP contribution in [0.25, 0.3) is 0 Å². The van der Waals surface area contributed by atoms with Gasteiger partial charge in [0.2, 0.25) is 0 Å². The first-order chi connectivity index (χ1) is 10.6. The fourth-order valence-electron chi connectivity index (χ4n) is 2.30. The lowest BCUT2D eigenvalue weighted by molar-refractivity contribution is -0.910. The molecule has 0 aromatic heterocycles. The van der Waals surface area contributed by atoms with E-state index in [9.17, 15) is 4.79 Å². The van der Waals surface area contributed by atoms with Gasteiger partial charge in [0.15, 0.2) is 0 Å². The highest BCUT2D eigenvalue weighted by Crippen LogP contribution is 2.13. The van der Waals surface area contributed by atoms with Gasteiger partial charge in [0.25, 0.3) is 5.91 Å². The summed E-state index contributed by atoms with van der Waals surface area (Å²) in [6.07, 6.45) is 0. The minimum absolute atomic E-state index is 0.126. The molecule has 0 fully saturated rings. The van der Waals surface area contributed by atoms with Gasteiger partial charge in [0.1, 0.15) is 6.54 Å². The van der Waals surface area contributed by atoms with Crippen molar-refractivity contribution in [3.8, 4) is 0 Å².